The molecular formula is C20H21FN2O3. The summed E-state index contributed by atoms with van der Waals surface area (Å²) >= 11 is 0. The first kappa shape index (κ1) is 18.0. The van der Waals surface area contributed by atoms with E-state index >= 15 is 0 Å². The van der Waals surface area contributed by atoms with Gasteiger partial charge in [-0.25, -0.2) is 4.39 Å². The summed E-state index contributed by atoms with van der Waals surface area (Å²) in [6.45, 7) is 1.75. The van der Waals surface area contributed by atoms with Crippen LogP contribution in [0.4, 0.5) is 4.39 Å². The number of nitrogens with one attached hydrogen (secondary N) is 1. The first-order valence-corrected chi connectivity index (χ1v) is 8.64. The number of carbonyl (C=O) groups is 2. The Balaban J connectivity index is 1.62. The number of amides is 1. The van der Waals surface area contributed by atoms with Gasteiger partial charge < -0.3 is 10.4 Å². The van der Waals surface area contributed by atoms with Crippen molar-refractivity contribution in [3.05, 3.63) is 54.0 Å². The van der Waals surface area contributed by atoms with E-state index in [0.717, 1.165) is 0 Å². The van der Waals surface area contributed by atoms with Crippen molar-refractivity contribution >= 4 is 11.9 Å². The summed E-state index contributed by atoms with van der Waals surface area (Å²) in [4.78, 5) is 27.9. The van der Waals surface area contributed by atoms with Gasteiger partial charge in [0.15, 0.2) is 0 Å². The zero-order chi connectivity index (χ0) is 18.7. The summed E-state index contributed by atoms with van der Waals surface area (Å²) in [5, 5.41) is 12.2. The first-order valence-electron chi connectivity index (χ1n) is 8.64. The molecule has 0 unspecified atom stereocenters. The number of carbonyl (C=O) groups excluding carboxylic acids is 1. The molecule has 0 bridgehead atoms. The molecule has 2 aromatic rings. The molecule has 0 saturated heterocycles. The molecule has 0 aliphatic heterocycles. The van der Waals surface area contributed by atoms with Crippen LogP contribution in [0.2, 0.25) is 0 Å². The number of benzene rings is 1. The van der Waals surface area contributed by atoms with E-state index in [2.05, 4.69) is 10.3 Å². The van der Waals surface area contributed by atoms with E-state index < -0.39 is 11.4 Å². The van der Waals surface area contributed by atoms with Gasteiger partial charge in [0.25, 0.3) is 5.91 Å². The number of carboxylic acid groups (broad SMARTS) is 1. The van der Waals surface area contributed by atoms with Gasteiger partial charge in [-0.1, -0.05) is 12.1 Å². The summed E-state index contributed by atoms with van der Waals surface area (Å²) in [5.74, 6) is -1.34. The van der Waals surface area contributed by atoms with Crippen LogP contribution < -0.4 is 5.32 Å². The molecule has 1 aromatic carbocycles. The largest absolute Gasteiger partial charge is 0.481 e. The number of halogens is 1. The van der Waals surface area contributed by atoms with Crippen LogP contribution in [-0.4, -0.2) is 28.0 Å². The van der Waals surface area contributed by atoms with Crippen LogP contribution in [0.5, 0.6) is 0 Å². The lowest BCUT2D eigenvalue weighted by atomic mass is 9.74. The highest BCUT2D eigenvalue weighted by atomic mass is 19.1. The number of pyridine rings is 1. The van der Waals surface area contributed by atoms with Gasteiger partial charge >= 0.3 is 5.97 Å². The number of hydrogen-bond donors (Lipinski definition) is 2. The Labute approximate surface area is 151 Å². The molecule has 3 rings (SSSR count). The van der Waals surface area contributed by atoms with Crippen molar-refractivity contribution in [1.82, 2.24) is 10.3 Å². The Morgan fingerprint density at radius 3 is 2.54 bits per heavy atom. The van der Waals surface area contributed by atoms with Crippen LogP contribution in [-0.2, 0) is 4.79 Å². The van der Waals surface area contributed by atoms with Crippen LogP contribution in [0.1, 0.15) is 43.0 Å². The first-order chi connectivity index (χ1) is 12.4. The lowest BCUT2D eigenvalue weighted by Crippen LogP contribution is -2.42. The van der Waals surface area contributed by atoms with Crippen molar-refractivity contribution in [3.8, 4) is 11.3 Å². The fourth-order valence-electron chi connectivity index (χ4n) is 3.23. The molecular weight excluding hydrogens is 335 g/mol. The van der Waals surface area contributed by atoms with E-state index in [4.69, 9.17) is 0 Å². The van der Waals surface area contributed by atoms with E-state index in [-0.39, 0.29) is 17.8 Å². The summed E-state index contributed by atoms with van der Waals surface area (Å²) < 4.78 is 13.3. The topological polar surface area (TPSA) is 79.3 Å². The molecule has 1 fully saturated rings. The molecule has 2 N–H and O–H groups in total. The molecule has 0 atom stereocenters. The maximum absolute atomic E-state index is 13.3. The van der Waals surface area contributed by atoms with Gasteiger partial charge in [-0.3, -0.25) is 14.6 Å². The average molecular weight is 356 g/mol. The molecule has 136 valence electrons. The van der Waals surface area contributed by atoms with Gasteiger partial charge in [0.1, 0.15) is 5.82 Å². The van der Waals surface area contributed by atoms with Crippen LogP contribution in [0, 0.1) is 11.2 Å². The molecule has 1 amide bonds. The Kier molecular flexibility index (Phi) is 5.02. The summed E-state index contributed by atoms with van der Waals surface area (Å²) in [6.07, 6.45) is 3.85. The second-order valence-corrected chi connectivity index (χ2v) is 7.06. The van der Waals surface area contributed by atoms with E-state index in [1.165, 1.54) is 18.3 Å². The highest BCUT2D eigenvalue weighted by molar-refractivity contribution is 5.94. The van der Waals surface area contributed by atoms with E-state index in [9.17, 15) is 19.1 Å². The summed E-state index contributed by atoms with van der Waals surface area (Å²) in [6, 6.07) is 9.44. The van der Waals surface area contributed by atoms with Crippen LogP contribution in [0.25, 0.3) is 11.3 Å². The minimum atomic E-state index is -0.778. The van der Waals surface area contributed by atoms with Crippen LogP contribution in [0.3, 0.4) is 0 Å². The molecule has 0 radical (unpaired) electrons. The second kappa shape index (κ2) is 7.23. The fourth-order valence-corrected chi connectivity index (χ4v) is 3.23. The van der Waals surface area contributed by atoms with Crippen LogP contribution in [0.15, 0.2) is 42.6 Å². The third-order valence-electron chi connectivity index (χ3n) is 5.09. The van der Waals surface area contributed by atoms with E-state index in [1.807, 2.05) is 0 Å². The SMILES string of the molecule is C[C@]1(C(=O)O)CC[C@H](NC(=O)c2ccc(-c3cccc(F)c3)nc2)CC1. The highest BCUT2D eigenvalue weighted by Crippen LogP contribution is 2.36. The molecule has 5 nitrogen and oxygen atoms in total. The highest BCUT2D eigenvalue weighted by Gasteiger charge is 2.37. The second-order valence-electron chi connectivity index (χ2n) is 7.06. The molecule has 1 aliphatic rings. The lowest BCUT2D eigenvalue weighted by Gasteiger charge is -2.34. The van der Waals surface area contributed by atoms with Crippen molar-refractivity contribution in [2.45, 2.75) is 38.6 Å². The molecule has 1 aromatic heterocycles. The van der Waals surface area contributed by atoms with Gasteiger partial charge in [0, 0.05) is 17.8 Å². The average Bonchev–Trinajstić information content (AvgIpc) is 2.64. The van der Waals surface area contributed by atoms with Crippen molar-refractivity contribution in [3.63, 3.8) is 0 Å². The molecule has 0 spiro atoms. The van der Waals surface area contributed by atoms with E-state index in [1.54, 1.807) is 31.2 Å². The molecule has 1 saturated carbocycles. The Morgan fingerprint density at radius 1 is 1.23 bits per heavy atom. The lowest BCUT2D eigenvalue weighted by molar-refractivity contribution is -0.149. The minimum absolute atomic E-state index is 0.0298. The van der Waals surface area contributed by atoms with Gasteiger partial charge in [-0.2, -0.15) is 0 Å². The smallest absolute Gasteiger partial charge is 0.309 e. The predicted molar refractivity (Wildman–Crippen MR) is 95.1 cm³/mol. The molecule has 1 heterocycles. The predicted octanol–water partition coefficient (Wildman–Crippen LogP) is 3.65. The normalized spacial score (nSPS) is 22.6. The monoisotopic (exact) mass is 356 g/mol. The number of aromatic nitrogens is 1. The third-order valence-corrected chi connectivity index (χ3v) is 5.09. The van der Waals surface area contributed by atoms with Crippen molar-refractivity contribution in [1.29, 1.82) is 0 Å². The Bertz CT molecular complexity index is 812. The third kappa shape index (κ3) is 3.90. The minimum Gasteiger partial charge on any atom is -0.481 e. The Morgan fingerprint density at radius 2 is 1.96 bits per heavy atom. The number of aliphatic carboxylic acids is 1. The summed E-state index contributed by atoms with van der Waals surface area (Å²) in [5.41, 5.74) is 0.972. The quantitative estimate of drug-likeness (QED) is 0.876. The van der Waals surface area contributed by atoms with Gasteiger partial charge in [0.2, 0.25) is 0 Å². The number of nitrogens with zero attached hydrogens (tertiary/aromatic N) is 1. The standard InChI is InChI=1S/C20H21FN2O3/c1-20(19(25)26)9-7-16(8-10-20)23-18(24)14-5-6-17(22-12-14)13-3-2-4-15(21)11-13/h2-6,11-12,16H,7-10H2,1H3,(H,23,24)(H,25,26)/t16-,20-. The fraction of sp³-hybridized carbons (Fsp3) is 0.350. The zero-order valence-corrected chi connectivity index (χ0v) is 14.5. The van der Waals surface area contributed by atoms with Gasteiger partial charge in [-0.05, 0) is 56.9 Å². The maximum Gasteiger partial charge on any atom is 0.309 e. The molecule has 26 heavy (non-hydrogen) atoms. The zero-order valence-electron chi connectivity index (χ0n) is 14.5. The van der Waals surface area contributed by atoms with Crippen molar-refractivity contribution < 1.29 is 19.1 Å². The molecule has 6 heteroatoms. The van der Waals surface area contributed by atoms with Crippen LogP contribution >= 0.6 is 0 Å². The van der Waals surface area contributed by atoms with Crippen molar-refractivity contribution in [2.24, 2.45) is 5.41 Å². The number of carboxylic acids is 1. The summed E-state index contributed by atoms with van der Waals surface area (Å²) in [7, 11) is 0. The van der Waals surface area contributed by atoms with Gasteiger partial charge in [0.05, 0.1) is 16.7 Å². The Hall–Kier alpha value is -2.76. The number of hydrogen-bond acceptors (Lipinski definition) is 3. The van der Waals surface area contributed by atoms with Gasteiger partial charge in [-0.15, -0.1) is 0 Å². The number of rotatable bonds is 4. The van der Waals surface area contributed by atoms with E-state index in [0.29, 0.717) is 42.5 Å². The molecule has 1 aliphatic carbocycles. The van der Waals surface area contributed by atoms with Crippen molar-refractivity contribution in [2.75, 3.05) is 0 Å². The maximum atomic E-state index is 13.3.